The van der Waals surface area contributed by atoms with E-state index in [4.69, 9.17) is 0 Å². The summed E-state index contributed by atoms with van der Waals surface area (Å²) in [5, 5.41) is 4.70. The van der Waals surface area contributed by atoms with Crippen LogP contribution in [0.4, 0.5) is 5.69 Å². The first-order valence-electron chi connectivity index (χ1n) is 6.89. The zero-order chi connectivity index (χ0) is 15.3. The van der Waals surface area contributed by atoms with E-state index in [1.54, 1.807) is 11.4 Å². The lowest BCUT2D eigenvalue weighted by Crippen LogP contribution is -2.13. The highest BCUT2D eigenvalue weighted by atomic mass is 32.2. The monoisotopic (exact) mass is 324 g/mol. The molecule has 2 N–H and O–H groups in total. The summed E-state index contributed by atoms with van der Waals surface area (Å²) >= 11 is 1.44. The molecule has 2 aromatic rings. The number of hydrogen-bond donors (Lipinski definition) is 2. The second-order valence-electron chi connectivity index (χ2n) is 4.79. The van der Waals surface area contributed by atoms with Crippen molar-refractivity contribution in [1.82, 2.24) is 5.32 Å². The Bertz CT molecular complexity index is 693. The fraction of sp³-hybridized carbons (Fsp3) is 0.333. The normalized spacial score (nSPS) is 11.5. The number of thiophene rings is 1. The Morgan fingerprint density at radius 1 is 1.24 bits per heavy atom. The molecule has 0 spiro atoms. The third kappa shape index (κ3) is 4.06. The molecule has 0 amide bonds. The van der Waals surface area contributed by atoms with E-state index in [0.29, 0.717) is 17.1 Å². The smallest absolute Gasteiger partial charge is 0.262 e. The minimum absolute atomic E-state index is 0.323. The van der Waals surface area contributed by atoms with E-state index in [0.717, 1.165) is 23.3 Å². The lowest BCUT2D eigenvalue weighted by Gasteiger charge is -2.11. The molecule has 1 aromatic heterocycles. The van der Waals surface area contributed by atoms with Gasteiger partial charge in [0.15, 0.2) is 0 Å². The summed E-state index contributed by atoms with van der Waals surface area (Å²) in [7, 11) is -1.68. The molecule has 0 fully saturated rings. The highest BCUT2D eigenvalue weighted by Gasteiger charge is 2.17. The Kier molecular flexibility index (Phi) is 5.39. The van der Waals surface area contributed by atoms with Crippen molar-refractivity contribution in [1.29, 1.82) is 0 Å². The highest BCUT2D eigenvalue weighted by Crippen LogP contribution is 2.24. The number of hydrogen-bond acceptors (Lipinski definition) is 4. The number of para-hydroxylation sites is 1. The predicted molar refractivity (Wildman–Crippen MR) is 88.3 cm³/mol. The van der Waals surface area contributed by atoms with Crippen LogP contribution >= 0.6 is 11.3 Å². The van der Waals surface area contributed by atoms with Gasteiger partial charge >= 0.3 is 0 Å². The Hall–Kier alpha value is -1.37. The molecule has 0 saturated carbocycles. The topological polar surface area (TPSA) is 58.2 Å². The SMILES string of the molecule is CCCc1ccccc1NS(=O)(=O)c1csc(CNC)c1. The fourth-order valence-electron chi connectivity index (χ4n) is 2.08. The van der Waals surface area contributed by atoms with E-state index in [1.807, 2.05) is 31.3 Å². The fourth-order valence-corrected chi connectivity index (χ4v) is 4.47. The zero-order valence-corrected chi connectivity index (χ0v) is 13.9. The van der Waals surface area contributed by atoms with Gasteiger partial charge in [0.25, 0.3) is 10.0 Å². The van der Waals surface area contributed by atoms with Gasteiger partial charge in [-0.3, -0.25) is 4.72 Å². The van der Waals surface area contributed by atoms with E-state index in [-0.39, 0.29) is 0 Å². The number of sulfonamides is 1. The maximum atomic E-state index is 12.5. The second kappa shape index (κ2) is 7.06. The molecule has 6 heteroatoms. The number of anilines is 1. The molecule has 114 valence electrons. The molecule has 4 nitrogen and oxygen atoms in total. The van der Waals surface area contributed by atoms with Crippen LogP contribution in [-0.2, 0) is 23.0 Å². The van der Waals surface area contributed by atoms with Crippen LogP contribution in [-0.4, -0.2) is 15.5 Å². The van der Waals surface area contributed by atoms with Gasteiger partial charge in [0.05, 0.1) is 10.6 Å². The van der Waals surface area contributed by atoms with Crippen LogP contribution < -0.4 is 10.0 Å². The Morgan fingerprint density at radius 2 is 2.00 bits per heavy atom. The summed E-state index contributed by atoms with van der Waals surface area (Å²) in [6.07, 6.45) is 1.83. The van der Waals surface area contributed by atoms with Crippen LogP contribution in [0.1, 0.15) is 23.8 Å². The van der Waals surface area contributed by atoms with Crippen LogP contribution in [0.25, 0.3) is 0 Å². The first-order chi connectivity index (χ1) is 10.1. The molecule has 0 radical (unpaired) electrons. The van der Waals surface area contributed by atoms with E-state index in [9.17, 15) is 8.42 Å². The molecule has 0 saturated heterocycles. The van der Waals surface area contributed by atoms with Crippen LogP contribution in [0.3, 0.4) is 0 Å². The minimum atomic E-state index is -3.52. The Balaban J connectivity index is 2.24. The van der Waals surface area contributed by atoms with Crippen molar-refractivity contribution in [2.75, 3.05) is 11.8 Å². The number of benzene rings is 1. The lowest BCUT2D eigenvalue weighted by atomic mass is 10.1. The van der Waals surface area contributed by atoms with Crippen molar-refractivity contribution in [3.05, 3.63) is 46.2 Å². The summed E-state index contributed by atoms with van der Waals surface area (Å²) in [5.41, 5.74) is 1.69. The van der Waals surface area contributed by atoms with Gasteiger partial charge in [-0.2, -0.15) is 0 Å². The predicted octanol–water partition coefficient (Wildman–Crippen LogP) is 3.22. The average Bonchev–Trinajstić information content (AvgIpc) is 2.91. The summed E-state index contributed by atoms with van der Waals surface area (Å²) in [4.78, 5) is 1.32. The summed E-state index contributed by atoms with van der Waals surface area (Å²) in [6.45, 7) is 2.75. The van der Waals surface area contributed by atoms with E-state index in [2.05, 4.69) is 17.0 Å². The summed E-state index contributed by atoms with van der Waals surface area (Å²) in [6, 6.07) is 9.26. The number of nitrogens with one attached hydrogen (secondary N) is 2. The largest absolute Gasteiger partial charge is 0.315 e. The molecule has 0 aliphatic heterocycles. The van der Waals surface area contributed by atoms with Gasteiger partial charge in [0.2, 0.25) is 0 Å². The van der Waals surface area contributed by atoms with Gasteiger partial charge in [-0.1, -0.05) is 31.5 Å². The summed E-state index contributed by atoms with van der Waals surface area (Å²) < 4.78 is 27.6. The Morgan fingerprint density at radius 3 is 2.71 bits per heavy atom. The molecule has 0 atom stereocenters. The van der Waals surface area contributed by atoms with Gasteiger partial charge in [-0.05, 0) is 31.2 Å². The van der Waals surface area contributed by atoms with Gasteiger partial charge < -0.3 is 5.32 Å². The number of aryl methyl sites for hydroxylation is 1. The first-order valence-corrected chi connectivity index (χ1v) is 9.26. The van der Waals surface area contributed by atoms with Crippen LogP contribution in [0.15, 0.2) is 40.6 Å². The maximum absolute atomic E-state index is 12.5. The van der Waals surface area contributed by atoms with Crippen molar-refractivity contribution in [2.24, 2.45) is 0 Å². The van der Waals surface area contributed by atoms with Gasteiger partial charge in [0.1, 0.15) is 0 Å². The molecule has 0 aliphatic carbocycles. The van der Waals surface area contributed by atoms with Crippen LogP contribution in [0.5, 0.6) is 0 Å². The Labute approximate surface area is 130 Å². The second-order valence-corrected chi connectivity index (χ2v) is 7.47. The molecule has 1 aromatic carbocycles. The van der Waals surface area contributed by atoms with Crippen LogP contribution in [0.2, 0.25) is 0 Å². The van der Waals surface area contributed by atoms with Gasteiger partial charge in [0, 0.05) is 16.8 Å². The highest BCUT2D eigenvalue weighted by molar-refractivity contribution is 7.92. The van der Waals surface area contributed by atoms with Gasteiger partial charge in [-0.25, -0.2) is 8.42 Å². The molecule has 2 rings (SSSR count). The number of rotatable bonds is 7. The van der Waals surface area contributed by atoms with Gasteiger partial charge in [-0.15, -0.1) is 11.3 Å². The first kappa shape index (κ1) is 16.0. The molecule has 0 bridgehead atoms. The van der Waals surface area contributed by atoms with Crippen molar-refractivity contribution >= 4 is 27.0 Å². The zero-order valence-electron chi connectivity index (χ0n) is 12.2. The van der Waals surface area contributed by atoms with E-state index < -0.39 is 10.0 Å². The standard InChI is InChI=1S/C15H20N2O2S2/c1-3-6-12-7-4-5-8-15(12)17-21(18,19)14-9-13(10-16-2)20-11-14/h4-5,7-9,11,16-17H,3,6,10H2,1-2H3. The quantitative estimate of drug-likeness (QED) is 0.822. The van der Waals surface area contributed by atoms with Crippen molar-refractivity contribution in [2.45, 2.75) is 31.2 Å². The summed E-state index contributed by atoms with van der Waals surface area (Å²) in [5.74, 6) is 0. The molecule has 0 aliphatic rings. The minimum Gasteiger partial charge on any atom is -0.315 e. The van der Waals surface area contributed by atoms with E-state index in [1.165, 1.54) is 11.3 Å². The van der Waals surface area contributed by atoms with Crippen molar-refractivity contribution in [3.63, 3.8) is 0 Å². The van der Waals surface area contributed by atoms with E-state index >= 15 is 0 Å². The molecule has 0 unspecified atom stereocenters. The molecular weight excluding hydrogens is 304 g/mol. The molecule has 21 heavy (non-hydrogen) atoms. The maximum Gasteiger partial charge on any atom is 0.262 e. The molecule has 1 heterocycles. The van der Waals surface area contributed by atoms with Crippen LogP contribution in [0, 0.1) is 0 Å². The van der Waals surface area contributed by atoms with Crippen molar-refractivity contribution < 1.29 is 8.42 Å². The third-order valence-corrected chi connectivity index (χ3v) is 5.50. The van der Waals surface area contributed by atoms with Crippen molar-refractivity contribution in [3.8, 4) is 0 Å². The molecular formula is C15H20N2O2S2. The third-order valence-electron chi connectivity index (χ3n) is 3.07. The lowest BCUT2D eigenvalue weighted by molar-refractivity contribution is 0.601. The average molecular weight is 324 g/mol.